The predicted octanol–water partition coefficient (Wildman–Crippen LogP) is 5.45. The lowest BCUT2D eigenvalue weighted by molar-refractivity contribution is 0.269. The van der Waals surface area contributed by atoms with Gasteiger partial charge in [-0.05, 0) is 80.5 Å². The van der Waals surface area contributed by atoms with E-state index >= 15 is 0 Å². The molecule has 5 heteroatoms. The van der Waals surface area contributed by atoms with Crippen LogP contribution in [0.5, 0.6) is 0 Å². The van der Waals surface area contributed by atoms with E-state index in [4.69, 9.17) is 21.1 Å². The van der Waals surface area contributed by atoms with Crippen LogP contribution in [0.1, 0.15) is 35.6 Å². The fraction of sp³-hybridized carbons (Fsp3) is 0.250. The van der Waals surface area contributed by atoms with Gasteiger partial charge in [0.1, 0.15) is 11.5 Å². The third kappa shape index (κ3) is 4.31. The second-order valence-corrected chi connectivity index (χ2v) is 6.59. The molecule has 0 saturated carbocycles. The first-order chi connectivity index (χ1) is 12.0. The molecule has 25 heavy (non-hydrogen) atoms. The first-order valence-corrected chi connectivity index (χ1v) is 8.65. The van der Waals surface area contributed by atoms with E-state index in [2.05, 4.69) is 49.2 Å². The van der Waals surface area contributed by atoms with Gasteiger partial charge in [0.05, 0.1) is 25.1 Å². The maximum absolute atomic E-state index is 5.70. The van der Waals surface area contributed by atoms with Gasteiger partial charge in [-0.1, -0.05) is 6.07 Å². The lowest BCUT2D eigenvalue weighted by Crippen LogP contribution is -2.36. The van der Waals surface area contributed by atoms with Gasteiger partial charge in [-0.3, -0.25) is 0 Å². The van der Waals surface area contributed by atoms with Crippen LogP contribution < -0.4 is 5.32 Å². The summed E-state index contributed by atoms with van der Waals surface area (Å²) in [5.41, 5.74) is 3.38. The Morgan fingerprint density at radius 2 is 1.76 bits per heavy atom. The highest BCUT2D eigenvalue weighted by molar-refractivity contribution is 7.80. The average Bonchev–Trinajstić information content (AvgIpc) is 3.24. The molecule has 0 saturated heterocycles. The molecule has 3 aromatic rings. The molecule has 0 unspecified atom stereocenters. The Kier molecular flexibility index (Phi) is 5.24. The number of aryl methyl sites for hydroxylation is 2. The minimum Gasteiger partial charge on any atom is -0.467 e. The summed E-state index contributed by atoms with van der Waals surface area (Å²) in [6.45, 7) is 6.78. The van der Waals surface area contributed by atoms with Crippen molar-refractivity contribution in [2.75, 3.05) is 5.32 Å². The summed E-state index contributed by atoms with van der Waals surface area (Å²) in [6.07, 6.45) is 3.35. The number of hydrogen-bond acceptors (Lipinski definition) is 3. The van der Waals surface area contributed by atoms with Gasteiger partial charge in [0.15, 0.2) is 5.11 Å². The van der Waals surface area contributed by atoms with Gasteiger partial charge in [-0.15, -0.1) is 0 Å². The first kappa shape index (κ1) is 17.3. The SMILES string of the molecule is Cc1cc(C)cc(NC(=S)N(Cc2ccco2)[C@@H](C)c2ccco2)c1. The van der Waals surface area contributed by atoms with Crippen molar-refractivity contribution in [2.24, 2.45) is 0 Å². The third-order valence-electron chi connectivity index (χ3n) is 4.06. The highest BCUT2D eigenvalue weighted by Gasteiger charge is 2.22. The summed E-state index contributed by atoms with van der Waals surface area (Å²) in [5, 5.41) is 3.98. The summed E-state index contributed by atoms with van der Waals surface area (Å²) < 4.78 is 11.1. The summed E-state index contributed by atoms with van der Waals surface area (Å²) in [5.74, 6) is 1.71. The first-order valence-electron chi connectivity index (χ1n) is 8.24. The molecule has 1 N–H and O–H groups in total. The molecule has 130 valence electrons. The van der Waals surface area contributed by atoms with Crippen molar-refractivity contribution in [3.05, 3.63) is 77.6 Å². The number of anilines is 1. The summed E-state index contributed by atoms with van der Waals surface area (Å²) in [7, 11) is 0. The minimum absolute atomic E-state index is 0.0222. The van der Waals surface area contributed by atoms with Crippen molar-refractivity contribution in [3.63, 3.8) is 0 Å². The van der Waals surface area contributed by atoms with Crippen molar-refractivity contribution >= 4 is 23.0 Å². The van der Waals surface area contributed by atoms with Crippen LogP contribution in [0, 0.1) is 13.8 Å². The molecular weight excluding hydrogens is 332 g/mol. The number of nitrogens with one attached hydrogen (secondary N) is 1. The maximum Gasteiger partial charge on any atom is 0.174 e. The summed E-state index contributed by atoms with van der Waals surface area (Å²) in [6, 6.07) is 14.0. The smallest absolute Gasteiger partial charge is 0.174 e. The molecule has 2 aromatic heterocycles. The zero-order chi connectivity index (χ0) is 17.8. The number of hydrogen-bond donors (Lipinski definition) is 1. The zero-order valence-electron chi connectivity index (χ0n) is 14.7. The Morgan fingerprint density at radius 3 is 2.36 bits per heavy atom. The van der Waals surface area contributed by atoms with E-state index in [1.807, 2.05) is 24.3 Å². The van der Waals surface area contributed by atoms with Crippen molar-refractivity contribution in [1.82, 2.24) is 4.90 Å². The second-order valence-electron chi connectivity index (χ2n) is 6.21. The van der Waals surface area contributed by atoms with Crippen molar-refractivity contribution in [3.8, 4) is 0 Å². The van der Waals surface area contributed by atoms with Crippen LogP contribution in [0.15, 0.2) is 63.8 Å². The Morgan fingerprint density at radius 1 is 1.08 bits per heavy atom. The van der Waals surface area contributed by atoms with Gasteiger partial charge in [-0.2, -0.15) is 0 Å². The summed E-state index contributed by atoms with van der Waals surface area (Å²) in [4.78, 5) is 2.06. The van der Waals surface area contributed by atoms with E-state index < -0.39 is 0 Å². The molecule has 0 radical (unpaired) electrons. The molecule has 3 rings (SSSR count). The molecule has 0 fully saturated rings. The van der Waals surface area contributed by atoms with Crippen LogP contribution in [-0.4, -0.2) is 10.0 Å². The fourth-order valence-corrected chi connectivity index (χ4v) is 3.22. The largest absolute Gasteiger partial charge is 0.467 e. The van der Waals surface area contributed by atoms with Crippen molar-refractivity contribution < 1.29 is 8.83 Å². The molecule has 4 nitrogen and oxygen atoms in total. The lowest BCUT2D eigenvalue weighted by Gasteiger charge is -2.30. The van der Waals surface area contributed by atoms with Crippen LogP contribution in [0.2, 0.25) is 0 Å². The molecule has 2 heterocycles. The average molecular weight is 354 g/mol. The van der Waals surface area contributed by atoms with Crippen LogP contribution in [-0.2, 0) is 6.54 Å². The van der Waals surface area contributed by atoms with Gasteiger partial charge >= 0.3 is 0 Å². The van der Waals surface area contributed by atoms with E-state index in [1.54, 1.807) is 12.5 Å². The van der Waals surface area contributed by atoms with E-state index in [0.717, 1.165) is 17.2 Å². The molecule has 0 aliphatic carbocycles. The molecule has 0 bridgehead atoms. The van der Waals surface area contributed by atoms with Crippen molar-refractivity contribution in [1.29, 1.82) is 0 Å². The van der Waals surface area contributed by atoms with Crippen LogP contribution in [0.3, 0.4) is 0 Å². The van der Waals surface area contributed by atoms with Crippen LogP contribution >= 0.6 is 12.2 Å². The Hall–Kier alpha value is -2.53. The van der Waals surface area contributed by atoms with Crippen LogP contribution in [0.4, 0.5) is 5.69 Å². The Labute approximate surface area is 153 Å². The van der Waals surface area contributed by atoms with Gasteiger partial charge in [0.25, 0.3) is 0 Å². The number of nitrogens with zero attached hydrogens (tertiary/aromatic N) is 1. The van der Waals surface area contributed by atoms with Gasteiger partial charge in [0.2, 0.25) is 0 Å². The van der Waals surface area contributed by atoms with E-state index in [-0.39, 0.29) is 6.04 Å². The molecule has 0 spiro atoms. The molecule has 0 amide bonds. The third-order valence-corrected chi connectivity index (χ3v) is 4.40. The second kappa shape index (κ2) is 7.57. The normalized spacial score (nSPS) is 12.0. The lowest BCUT2D eigenvalue weighted by atomic mass is 10.1. The number of rotatable bonds is 5. The molecule has 1 aromatic carbocycles. The monoisotopic (exact) mass is 354 g/mol. The highest BCUT2D eigenvalue weighted by Crippen LogP contribution is 2.25. The van der Waals surface area contributed by atoms with Crippen molar-refractivity contribution in [2.45, 2.75) is 33.4 Å². The van der Waals surface area contributed by atoms with E-state index in [9.17, 15) is 0 Å². The van der Waals surface area contributed by atoms with E-state index in [0.29, 0.717) is 11.7 Å². The number of furan rings is 2. The Balaban J connectivity index is 1.83. The molecule has 1 atom stereocenters. The van der Waals surface area contributed by atoms with Gasteiger partial charge in [0, 0.05) is 5.69 Å². The van der Waals surface area contributed by atoms with Gasteiger partial charge in [-0.25, -0.2) is 0 Å². The van der Waals surface area contributed by atoms with Crippen LogP contribution in [0.25, 0.3) is 0 Å². The number of benzene rings is 1. The highest BCUT2D eigenvalue weighted by atomic mass is 32.1. The molecular formula is C20H22N2O2S. The minimum atomic E-state index is -0.0222. The standard InChI is InChI=1S/C20H22N2O2S/c1-14-10-15(2)12-17(11-14)21-20(25)22(13-18-6-4-8-23-18)16(3)19-7-5-9-24-19/h4-12,16H,13H2,1-3H3,(H,21,25)/t16-/m0/s1. The molecule has 0 aliphatic heterocycles. The fourth-order valence-electron chi connectivity index (χ4n) is 2.88. The van der Waals surface area contributed by atoms with E-state index in [1.165, 1.54) is 11.1 Å². The zero-order valence-corrected chi connectivity index (χ0v) is 15.5. The predicted molar refractivity (Wildman–Crippen MR) is 104 cm³/mol. The number of thiocarbonyl (C=S) groups is 1. The Bertz CT molecular complexity index is 805. The topological polar surface area (TPSA) is 41.5 Å². The van der Waals surface area contributed by atoms with Gasteiger partial charge < -0.3 is 19.1 Å². The summed E-state index contributed by atoms with van der Waals surface area (Å²) >= 11 is 5.70. The quantitative estimate of drug-likeness (QED) is 0.617. The molecule has 0 aliphatic rings. The maximum atomic E-state index is 5.70.